The van der Waals surface area contributed by atoms with Gasteiger partial charge in [-0.05, 0) is 7.05 Å². The Balaban J connectivity index is 1.89. The first-order chi connectivity index (χ1) is 10.8. The van der Waals surface area contributed by atoms with Crippen LogP contribution in [-0.2, 0) is 4.74 Å². The van der Waals surface area contributed by atoms with Crippen LogP contribution in [0.3, 0.4) is 0 Å². The molecule has 0 saturated carbocycles. The van der Waals surface area contributed by atoms with E-state index in [1.165, 1.54) is 0 Å². The van der Waals surface area contributed by atoms with Crippen molar-refractivity contribution >= 4 is 11.6 Å². The van der Waals surface area contributed by atoms with Crippen LogP contribution in [0.1, 0.15) is 11.7 Å². The van der Waals surface area contributed by atoms with Crippen LogP contribution in [0.15, 0.2) is 30.3 Å². The topological polar surface area (TPSA) is 53.2 Å². The Morgan fingerprint density at radius 3 is 2.73 bits per heavy atom. The number of imidazole rings is 1. The third kappa shape index (κ3) is 3.33. The molecule has 1 saturated heterocycles. The molecule has 22 heavy (non-hydrogen) atoms. The Morgan fingerprint density at radius 1 is 1.32 bits per heavy atom. The Bertz CT molecular complexity index is 595. The van der Waals surface area contributed by atoms with Gasteiger partial charge in [0.2, 0.25) is 0 Å². The van der Waals surface area contributed by atoms with Crippen LogP contribution in [0.2, 0.25) is 5.15 Å². The number of aromatic amines is 1. The summed E-state index contributed by atoms with van der Waals surface area (Å²) in [6.45, 7) is 4.15. The highest BCUT2D eigenvalue weighted by Gasteiger charge is 2.26. The average molecular weight is 321 g/mol. The molecule has 0 amide bonds. The standard InChI is InChI=1S/C16H21ClN4O/c1-18-11-13(21-7-9-22-10-8-21)14-15(17)20-16(19-14)12-5-3-2-4-6-12/h2-6,13,18H,7-11H2,1H3,(H,19,20). The highest BCUT2D eigenvalue weighted by Crippen LogP contribution is 2.29. The summed E-state index contributed by atoms with van der Waals surface area (Å²) in [4.78, 5) is 10.3. The van der Waals surface area contributed by atoms with Crippen molar-refractivity contribution in [1.82, 2.24) is 20.2 Å². The molecule has 118 valence electrons. The maximum atomic E-state index is 6.42. The molecule has 6 heteroatoms. The molecule has 2 heterocycles. The summed E-state index contributed by atoms with van der Waals surface area (Å²) in [6, 6.07) is 10.2. The smallest absolute Gasteiger partial charge is 0.152 e. The van der Waals surface area contributed by atoms with Gasteiger partial charge in [0.15, 0.2) is 5.15 Å². The molecule has 1 atom stereocenters. The van der Waals surface area contributed by atoms with E-state index >= 15 is 0 Å². The van der Waals surface area contributed by atoms with E-state index in [0.717, 1.165) is 49.9 Å². The average Bonchev–Trinajstić information content (AvgIpc) is 2.96. The van der Waals surface area contributed by atoms with Gasteiger partial charge in [-0.2, -0.15) is 0 Å². The molecule has 1 aromatic heterocycles. The Hall–Kier alpha value is -1.40. The molecule has 0 radical (unpaired) electrons. The zero-order chi connectivity index (χ0) is 15.4. The molecule has 1 unspecified atom stereocenters. The molecular formula is C16H21ClN4O. The maximum absolute atomic E-state index is 6.42. The number of morpholine rings is 1. The molecule has 3 rings (SSSR count). The van der Waals surface area contributed by atoms with E-state index in [4.69, 9.17) is 16.3 Å². The number of likely N-dealkylation sites (N-methyl/N-ethyl adjacent to an activating group) is 1. The molecule has 1 fully saturated rings. The van der Waals surface area contributed by atoms with Gasteiger partial charge in [-0.15, -0.1) is 0 Å². The van der Waals surface area contributed by atoms with E-state index in [-0.39, 0.29) is 6.04 Å². The second-order valence-electron chi connectivity index (χ2n) is 5.38. The molecule has 1 aliphatic heterocycles. The number of nitrogens with one attached hydrogen (secondary N) is 2. The van der Waals surface area contributed by atoms with Gasteiger partial charge in [-0.1, -0.05) is 41.9 Å². The Labute approximate surface area is 135 Å². The number of rotatable bonds is 5. The van der Waals surface area contributed by atoms with Crippen LogP contribution in [0.25, 0.3) is 11.4 Å². The molecule has 5 nitrogen and oxygen atoms in total. The number of nitrogens with zero attached hydrogens (tertiary/aromatic N) is 2. The van der Waals surface area contributed by atoms with Crippen molar-refractivity contribution in [3.05, 3.63) is 41.2 Å². The van der Waals surface area contributed by atoms with Crippen molar-refractivity contribution in [2.45, 2.75) is 6.04 Å². The highest BCUT2D eigenvalue weighted by atomic mass is 35.5. The van der Waals surface area contributed by atoms with Crippen LogP contribution in [0, 0.1) is 0 Å². The first-order valence-electron chi connectivity index (χ1n) is 7.57. The number of ether oxygens (including phenoxy) is 1. The third-order valence-corrected chi connectivity index (χ3v) is 4.24. The van der Waals surface area contributed by atoms with Crippen molar-refractivity contribution in [2.24, 2.45) is 0 Å². The van der Waals surface area contributed by atoms with Crippen molar-refractivity contribution in [2.75, 3.05) is 39.9 Å². The van der Waals surface area contributed by atoms with Gasteiger partial charge in [0.05, 0.1) is 24.9 Å². The fourth-order valence-corrected chi connectivity index (χ4v) is 3.07. The van der Waals surface area contributed by atoms with E-state index in [9.17, 15) is 0 Å². The van der Waals surface area contributed by atoms with Crippen LogP contribution >= 0.6 is 11.6 Å². The molecule has 0 bridgehead atoms. The van der Waals surface area contributed by atoms with Gasteiger partial charge < -0.3 is 15.0 Å². The first kappa shape index (κ1) is 15.5. The van der Waals surface area contributed by atoms with E-state index in [1.54, 1.807) is 0 Å². The van der Waals surface area contributed by atoms with Crippen LogP contribution in [0.5, 0.6) is 0 Å². The minimum Gasteiger partial charge on any atom is -0.379 e. The normalized spacial score (nSPS) is 17.5. The second-order valence-corrected chi connectivity index (χ2v) is 5.74. The van der Waals surface area contributed by atoms with Gasteiger partial charge in [0.25, 0.3) is 0 Å². The predicted octanol–water partition coefficient (Wildman–Crippen LogP) is 2.32. The lowest BCUT2D eigenvalue weighted by Gasteiger charge is -2.33. The quantitative estimate of drug-likeness (QED) is 0.888. The molecule has 0 aliphatic carbocycles. The SMILES string of the molecule is CNCC(c1[nH]c(-c2ccccc2)nc1Cl)N1CCOCC1. The summed E-state index contributed by atoms with van der Waals surface area (Å²) < 4.78 is 5.45. The minimum absolute atomic E-state index is 0.173. The van der Waals surface area contributed by atoms with E-state index in [2.05, 4.69) is 20.2 Å². The van der Waals surface area contributed by atoms with Crippen molar-refractivity contribution < 1.29 is 4.74 Å². The molecular weight excluding hydrogens is 300 g/mol. The maximum Gasteiger partial charge on any atom is 0.152 e. The number of hydrogen-bond acceptors (Lipinski definition) is 4. The van der Waals surface area contributed by atoms with Gasteiger partial charge in [0.1, 0.15) is 5.82 Å². The highest BCUT2D eigenvalue weighted by molar-refractivity contribution is 6.30. The number of hydrogen-bond donors (Lipinski definition) is 2. The van der Waals surface area contributed by atoms with Crippen LogP contribution < -0.4 is 5.32 Å². The monoisotopic (exact) mass is 320 g/mol. The number of H-pyrrole nitrogens is 1. The number of benzene rings is 1. The van der Waals surface area contributed by atoms with Crippen molar-refractivity contribution in [1.29, 1.82) is 0 Å². The van der Waals surface area contributed by atoms with Crippen molar-refractivity contribution in [3.8, 4) is 11.4 Å². The van der Waals surface area contributed by atoms with Gasteiger partial charge in [-0.3, -0.25) is 4.90 Å². The Kier molecular flexibility index (Phi) is 5.10. The van der Waals surface area contributed by atoms with Gasteiger partial charge >= 0.3 is 0 Å². The zero-order valence-electron chi connectivity index (χ0n) is 12.7. The van der Waals surface area contributed by atoms with E-state index < -0.39 is 0 Å². The molecule has 2 N–H and O–H groups in total. The minimum atomic E-state index is 0.173. The fraction of sp³-hybridized carbons (Fsp3) is 0.438. The molecule has 1 aliphatic rings. The lowest BCUT2D eigenvalue weighted by atomic mass is 10.1. The van der Waals surface area contributed by atoms with E-state index in [0.29, 0.717) is 5.15 Å². The predicted molar refractivity (Wildman–Crippen MR) is 88.1 cm³/mol. The fourth-order valence-electron chi connectivity index (χ4n) is 2.82. The molecule has 1 aromatic carbocycles. The first-order valence-corrected chi connectivity index (χ1v) is 7.94. The number of aromatic nitrogens is 2. The van der Waals surface area contributed by atoms with Gasteiger partial charge in [0, 0.05) is 25.2 Å². The summed E-state index contributed by atoms with van der Waals surface area (Å²) in [5.74, 6) is 0.815. The van der Waals surface area contributed by atoms with Crippen LogP contribution in [-0.4, -0.2) is 54.8 Å². The second kappa shape index (κ2) is 7.24. The van der Waals surface area contributed by atoms with Gasteiger partial charge in [-0.25, -0.2) is 4.98 Å². The lowest BCUT2D eigenvalue weighted by molar-refractivity contribution is 0.0158. The zero-order valence-corrected chi connectivity index (χ0v) is 13.4. The van der Waals surface area contributed by atoms with Crippen LogP contribution in [0.4, 0.5) is 0 Å². The summed E-state index contributed by atoms with van der Waals surface area (Å²) >= 11 is 6.42. The number of halogens is 1. The largest absolute Gasteiger partial charge is 0.379 e. The summed E-state index contributed by atoms with van der Waals surface area (Å²) in [5, 5.41) is 3.80. The van der Waals surface area contributed by atoms with Crippen molar-refractivity contribution in [3.63, 3.8) is 0 Å². The van der Waals surface area contributed by atoms with E-state index in [1.807, 2.05) is 37.4 Å². The summed E-state index contributed by atoms with van der Waals surface area (Å²) in [5.41, 5.74) is 2.01. The lowest BCUT2D eigenvalue weighted by Crippen LogP contribution is -2.42. The summed E-state index contributed by atoms with van der Waals surface area (Å²) in [6.07, 6.45) is 0. The molecule has 2 aromatic rings. The summed E-state index contributed by atoms with van der Waals surface area (Å²) in [7, 11) is 1.95. The third-order valence-electron chi connectivity index (χ3n) is 3.95. The Morgan fingerprint density at radius 2 is 2.05 bits per heavy atom. The molecule has 0 spiro atoms.